The molecule has 0 unspecified atom stereocenters. The average molecular weight is 622 g/mol. The van der Waals surface area contributed by atoms with Crippen LogP contribution in [0, 0.1) is 20.8 Å². The molecule has 0 atom stereocenters. The Morgan fingerprint density at radius 1 is 0.595 bits per heavy atom. The van der Waals surface area contributed by atoms with E-state index in [4.69, 9.17) is 0 Å². The molecule has 3 aromatic carbocycles. The third-order valence-electron chi connectivity index (χ3n) is 6.88. The monoisotopic (exact) mass is 620 g/mol. The Balaban J connectivity index is 0.00000190. The van der Waals surface area contributed by atoms with Crippen molar-refractivity contribution in [2.45, 2.75) is 47.0 Å². The van der Waals surface area contributed by atoms with Crippen LogP contribution in [-0.2, 0) is 26.2 Å². The van der Waals surface area contributed by atoms with Gasteiger partial charge in [0.2, 0.25) is 12.7 Å². The van der Waals surface area contributed by atoms with Crippen molar-refractivity contribution < 1.29 is 43.1 Å². The highest BCUT2D eigenvalue weighted by Gasteiger charge is 2.17. The van der Waals surface area contributed by atoms with Crippen molar-refractivity contribution in [3.05, 3.63) is 143 Å². The molecule has 6 heteroatoms. The van der Waals surface area contributed by atoms with Crippen LogP contribution in [-0.4, -0.2) is 9.13 Å². The normalized spacial score (nSPS) is 10.6. The third-order valence-corrected chi connectivity index (χ3v) is 6.88. The highest BCUT2D eigenvalue weighted by molar-refractivity contribution is 5.45. The molecule has 0 bridgehead atoms. The van der Waals surface area contributed by atoms with Gasteiger partial charge in [0.25, 0.3) is 0 Å². The lowest BCUT2D eigenvalue weighted by atomic mass is 9.93. The quantitative estimate of drug-likeness (QED) is 0.198. The van der Waals surface area contributed by atoms with Crippen LogP contribution in [0.5, 0.6) is 0 Å². The van der Waals surface area contributed by atoms with Gasteiger partial charge in [-0.3, -0.25) is 0 Å². The predicted octanol–water partition coefficient (Wildman–Crippen LogP) is -1.01. The topological polar surface area (TPSA) is 17.6 Å². The van der Waals surface area contributed by atoms with Crippen molar-refractivity contribution >= 4 is 0 Å². The zero-order chi connectivity index (χ0) is 24.2. The first-order valence-corrected chi connectivity index (χ1v) is 12.3. The summed E-state index contributed by atoms with van der Waals surface area (Å²) < 4.78 is 9.09. The minimum absolute atomic E-state index is 0. The van der Waals surface area contributed by atoms with Crippen molar-refractivity contribution in [2.24, 2.45) is 0 Å². The number of halogens is 2. The van der Waals surface area contributed by atoms with Crippen molar-refractivity contribution in [1.29, 1.82) is 0 Å². The zero-order valence-electron chi connectivity index (χ0n) is 21.7. The Bertz CT molecular complexity index is 1320. The molecular formula is C31H34Br2N4. The fourth-order valence-electron chi connectivity index (χ4n) is 4.96. The first-order valence-electron chi connectivity index (χ1n) is 12.3. The molecule has 2 heterocycles. The lowest BCUT2D eigenvalue weighted by Gasteiger charge is -2.15. The fourth-order valence-corrected chi connectivity index (χ4v) is 4.96. The molecule has 5 rings (SSSR count). The maximum absolute atomic E-state index is 2.35. The summed E-state index contributed by atoms with van der Waals surface area (Å²) in [6, 6.07) is 23.6. The van der Waals surface area contributed by atoms with E-state index >= 15 is 0 Å². The van der Waals surface area contributed by atoms with Crippen LogP contribution in [0.3, 0.4) is 0 Å². The highest BCUT2D eigenvalue weighted by atomic mass is 79.9. The van der Waals surface area contributed by atoms with Gasteiger partial charge in [-0.25, -0.2) is 18.3 Å². The Hall–Kier alpha value is -2.96. The van der Waals surface area contributed by atoms with Crippen LogP contribution in [0.15, 0.2) is 104 Å². The van der Waals surface area contributed by atoms with Gasteiger partial charge in [0, 0.05) is 0 Å². The van der Waals surface area contributed by atoms with E-state index in [-0.39, 0.29) is 34.0 Å². The molecule has 4 nitrogen and oxygen atoms in total. The molecular weight excluding hydrogens is 588 g/mol. The molecule has 2 aromatic heterocycles. The summed E-state index contributed by atoms with van der Waals surface area (Å²) >= 11 is 0. The van der Waals surface area contributed by atoms with Gasteiger partial charge in [-0.1, -0.05) is 66.7 Å². The molecule has 0 aliphatic carbocycles. The molecule has 0 aliphatic rings. The minimum Gasteiger partial charge on any atom is -1.00 e. The number of hydrogen-bond acceptors (Lipinski definition) is 0. The Morgan fingerprint density at radius 3 is 1.41 bits per heavy atom. The van der Waals surface area contributed by atoms with Gasteiger partial charge in [0.05, 0.1) is 0 Å². The first kappa shape index (κ1) is 28.6. The summed E-state index contributed by atoms with van der Waals surface area (Å²) in [5.74, 6) is 0. The molecule has 0 N–H and O–H groups in total. The van der Waals surface area contributed by atoms with Crippen LogP contribution in [0.1, 0.15) is 38.9 Å². The van der Waals surface area contributed by atoms with Crippen LogP contribution in [0.4, 0.5) is 0 Å². The van der Waals surface area contributed by atoms with Crippen LogP contribution < -0.4 is 43.1 Å². The summed E-state index contributed by atoms with van der Waals surface area (Å²) in [7, 11) is 0. The van der Waals surface area contributed by atoms with Gasteiger partial charge in [0.1, 0.15) is 51.0 Å². The van der Waals surface area contributed by atoms with Crippen LogP contribution >= 0.6 is 0 Å². The predicted molar refractivity (Wildman–Crippen MR) is 139 cm³/mol. The van der Waals surface area contributed by atoms with Gasteiger partial charge in [-0.2, -0.15) is 0 Å². The molecule has 0 amide bonds. The van der Waals surface area contributed by atoms with Crippen LogP contribution in [0.25, 0.3) is 0 Å². The van der Waals surface area contributed by atoms with Crippen molar-refractivity contribution in [3.8, 4) is 0 Å². The maximum Gasteiger partial charge on any atom is 0.244 e. The summed E-state index contributed by atoms with van der Waals surface area (Å²) in [6.45, 7) is 10.3. The van der Waals surface area contributed by atoms with E-state index in [1.807, 2.05) is 0 Å². The van der Waals surface area contributed by atoms with E-state index in [0.29, 0.717) is 0 Å². The molecule has 5 aromatic rings. The molecule has 0 fully saturated rings. The Labute approximate surface area is 241 Å². The van der Waals surface area contributed by atoms with Gasteiger partial charge < -0.3 is 34.0 Å². The summed E-state index contributed by atoms with van der Waals surface area (Å²) in [5.41, 5.74) is 9.58. The van der Waals surface area contributed by atoms with Crippen LogP contribution in [0.2, 0.25) is 0 Å². The van der Waals surface area contributed by atoms with E-state index in [0.717, 1.165) is 26.2 Å². The largest absolute Gasteiger partial charge is 1.00 e. The van der Waals surface area contributed by atoms with Gasteiger partial charge in [-0.05, 0) is 59.7 Å². The second-order valence-corrected chi connectivity index (χ2v) is 9.58. The molecule has 192 valence electrons. The van der Waals surface area contributed by atoms with Gasteiger partial charge in [-0.15, -0.1) is 0 Å². The summed E-state index contributed by atoms with van der Waals surface area (Å²) in [5, 5.41) is 0. The second-order valence-electron chi connectivity index (χ2n) is 9.58. The lowest BCUT2D eigenvalue weighted by Crippen LogP contribution is -3.00. The average Bonchev–Trinajstić information content (AvgIpc) is 3.50. The number of hydrogen-bond donors (Lipinski definition) is 0. The number of aryl methyl sites for hydroxylation is 2. The maximum atomic E-state index is 2.35. The highest BCUT2D eigenvalue weighted by Crippen LogP contribution is 2.24. The van der Waals surface area contributed by atoms with Gasteiger partial charge in [0.15, 0.2) is 0 Å². The molecule has 37 heavy (non-hydrogen) atoms. The number of rotatable bonds is 8. The van der Waals surface area contributed by atoms with Crippen molar-refractivity contribution in [3.63, 3.8) is 0 Å². The van der Waals surface area contributed by atoms with E-state index in [1.165, 1.54) is 38.9 Å². The molecule has 0 saturated carbocycles. The SMILES string of the molecule is Cc1cc(C)c(Cn2cc[n+](Cc3ccccc3)c2)c(C)c1Cn1cc[n+](Cc2ccccc2)c1.[Br-].[Br-]. The zero-order valence-corrected chi connectivity index (χ0v) is 24.9. The molecule has 0 spiro atoms. The fraction of sp³-hybridized carbons (Fsp3) is 0.226. The standard InChI is InChI=1S/C31H34N4.2BrH/c1-25-18-26(2)31(22-35-17-15-33(24-35)20-29-12-8-5-9-13-29)27(3)30(25)21-34-16-14-32(23-34)19-28-10-6-4-7-11-28;;/h4-18,23-24H,19-22H2,1-3H3;2*1H/q+2;;/p-2. The number of aromatic nitrogens is 4. The van der Waals surface area contributed by atoms with E-state index in [9.17, 15) is 0 Å². The minimum atomic E-state index is 0. The van der Waals surface area contributed by atoms with Gasteiger partial charge >= 0.3 is 0 Å². The summed E-state index contributed by atoms with van der Waals surface area (Å²) in [6.07, 6.45) is 13.1. The smallest absolute Gasteiger partial charge is 0.244 e. The number of imidazole rings is 2. The van der Waals surface area contributed by atoms with Crippen molar-refractivity contribution in [1.82, 2.24) is 9.13 Å². The summed E-state index contributed by atoms with van der Waals surface area (Å²) in [4.78, 5) is 0. The second kappa shape index (κ2) is 13.0. The Morgan fingerprint density at radius 2 is 1.00 bits per heavy atom. The van der Waals surface area contributed by atoms with E-state index in [2.05, 4.69) is 143 Å². The molecule has 0 aliphatic heterocycles. The van der Waals surface area contributed by atoms with E-state index in [1.54, 1.807) is 0 Å². The third kappa shape index (κ3) is 7.08. The molecule has 0 radical (unpaired) electrons. The number of nitrogens with zero attached hydrogens (tertiary/aromatic N) is 4. The molecule has 0 saturated heterocycles. The van der Waals surface area contributed by atoms with E-state index < -0.39 is 0 Å². The first-order chi connectivity index (χ1) is 17.0. The lowest BCUT2D eigenvalue weighted by molar-refractivity contribution is -0.688. The number of benzene rings is 3. The van der Waals surface area contributed by atoms with Crippen molar-refractivity contribution in [2.75, 3.05) is 0 Å². The Kier molecular flexibility index (Phi) is 10.1.